The lowest BCUT2D eigenvalue weighted by Gasteiger charge is -2.40. The SMILES string of the molecule is Cn1ccc(CC(=O)N2CCCC2(c2c[nH]c3ccccc23)C(F)(F)F)n1. The quantitative estimate of drug-likeness (QED) is 0.760. The van der Waals surface area contributed by atoms with Gasteiger partial charge in [-0.15, -0.1) is 0 Å². The Kier molecular flexibility index (Phi) is 4.01. The number of nitrogens with zero attached hydrogens (tertiary/aromatic N) is 3. The smallest absolute Gasteiger partial charge is 0.361 e. The van der Waals surface area contributed by atoms with Crippen molar-refractivity contribution in [1.29, 1.82) is 0 Å². The molecule has 0 aliphatic carbocycles. The number of aryl methyl sites for hydroxylation is 1. The number of likely N-dealkylation sites (tertiary alicyclic amines) is 1. The lowest BCUT2D eigenvalue weighted by Crippen LogP contribution is -2.55. The van der Waals surface area contributed by atoms with Crippen molar-refractivity contribution in [3.05, 3.63) is 54.0 Å². The molecule has 8 heteroatoms. The third kappa shape index (κ3) is 2.70. The maximum Gasteiger partial charge on any atom is 0.416 e. The average Bonchev–Trinajstić information content (AvgIpc) is 3.31. The number of fused-ring (bicyclic) bond motifs is 1. The van der Waals surface area contributed by atoms with Gasteiger partial charge in [0.15, 0.2) is 5.54 Å². The lowest BCUT2D eigenvalue weighted by atomic mass is 9.85. The summed E-state index contributed by atoms with van der Waals surface area (Å²) in [6.07, 6.45) is -1.53. The van der Waals surface area contributed by atoms with Crippen molar-refractivity contribution in [1.82, 2.24) is 19.7 Å². The van der Waals surface area contributed by atoms with Crippen LogP contribution in [-0.2, 0) is 23.8 Å². The number of H-pyrrole nitrogens is 1. The minimum Gasteiger partial charge on any atom is -0.361 e. The first-order chi connectivity index (χ1) is 12.8. The van der Waals surface area contributed by atoms with Gasteiger partial charge in [0.05, 0.1) is 12.1 Å². The van der Waals surface area contributed by atoms with Crippen LogP contribution >= 0.6 is 0 Å². The van der Waals surface area contributed by atoms with Crippen LogP contribution < -0.4 is 0 Å². The van der Waals surface area contributed by atoms with Gasteiger partial charge in [-0.1, -0.05) is 18.2 Å². The molecule has 5 nitrogen and oxygen atoms in total. The Morgan fingerprint density at radius 1 is 1.30 bits per heavy atom. The molecule has 0 spiro atoms. The number of hydrogen-bond donors (Lipinski definition) is 1. The number of carbonyl (C=O) groups excluding carboxylic acids is 1. The number of nitrogens with one attached hydrogen (secondary N) is 1. The Balaban J connectivity index is 1.80. The molecule has 1 atom stereocenters. The van der Waals surface area contributed by atoms with Gasteiger partial charge in [0.1, 0.15) is 0 Å². The molecule has 27 heavy (non-hydrogen) atoms. The highest BCUT2D eigenvalue weighted by atomic mass is 19.4. The van der Waals surface area contributed by atoms with E-state index < -0.39 is 17.6 Å². The first kappa shape index (κ1) is 17.6. The summed E-state index contributed by atoms with van der Waals surface area (Å²) in [5.41, 5.74) is -1.12. The Labute approximate surface area is 153 Å². The molecule has 1 aromatic carbocycles. The Morgan fingerprint density at radius 3 is 2.78 bits per heavy atom. The van der Waals surface area contributed by atoms with Crippen LogP contribution in [0, 0.1) is 0 Å². The zero-order valence-electron chi connectivity index (χ0n) is 14.8. The van der Waals surface area contributed by atoms with E-state index in [0.29, 0.717) is 23.0 Å². The van der Waals surface area contributed by atoms with Crippen LogP contribution in [0.15, 0.2) is 42.7 Å². The maximum absolute atomic E-state index is 14.4. The predicted octanol–water partition coefficient (Wildman–Crippen LogP) is 3.52. The number of carbonyl (C=O) groups is 1. The molecular formula is C19H19F3N4O. The molecule has 1 fully saturated rings. The van der Waals surface area contributed by atoms with E-state index in [1.54, 1.807) is 43.6 Å². The monoisotopic (exact) mass is 376 g/mol. The molecule has 4 rings (SSSR count). The fourth-order valence-electron chi connectivity index (χ4n) is 4.11. The molecule has 1 unspecified atom stereocenters. The maximum atomic E-state index is 14.4. The Hall–Kier alpha value is -2.77. The number of aromatic amines is 1. The Bertz CT molecular complexity index is 990. The van der Waals surface area contributed by atoms with Crippen molar-refractivity contribution in [3.8, 4) is 0 Å². The second-order valence-electron chi connectivity index (χ2n) is 6.91. The van der Waals surface area contributed by atoms with Crippen molar-refractivity contribution in [2.24, 2.45) is 7.05 Å². The molecule has 142 valence electrons. The first-order valence-electron chi connectivity index (χ1n) is 8.75. The number of para-hydroxylation sites is 1. The van der Waals surface area contributed by atoms with Gasteiger partial charge in [0.25, 0.3) is 0 Å². The number of halogens is 3. The summed E-state index contributed by atoms with van der Waals surface area (Å²) in [5.74, 6) is -0.561. The number of alkyl halides is 3. The van der Waals surface area contributed by atoms with Crippen LogP contribution in [0.4, 0.5) is 13.2 Å². The van der Waals surface area contributed by atoms with Gasteiger partial charge < -0.3 is 9.88 Å². The summed E-state index contributed by atoms with van der Waals surface area (Å²) in [4.78, 5) is 16.8. The minimum atomic E-state index is -4.59. The summed E-state index contributed by atoms with van der Waals surface area (Å²) in [7, 11) is 1.70. The van der Waals surface area contributed by atoms with Crippen LogP contribution in [-0.4, -0.2) is 38.3 Å². The van der Waals surface area contributed by atoms with E-state index in [4.69, 9.17) is 0 Å². The number of hydrogen-bond acceptors (Lipinski definition) is 2. The van der Waals surface area contributed by atoms with E-state index in [1.165, 1.54) is 10.9 Å². The molecule has 0 bridgehead atoms. The minimum absolute atomic E-state index is 0.0741. The van der Waals surface area contributed by atoms with Crippen molar-refractivity contribution in [2.75, 3.05) is 6.54 Å². The zero-order chi connectivity index (χ0) is 19.2. The molecule has 1 aliphatic rings. The summed E-state index contributed by atoms with van der Waals surface area (Å²) < 4.78 is 44.8. The lowest BCUT2D eigenvalue weighted by molar-refractivity contribution is -0.228. The van der Waals surface area contributed by atoms with Gasteiger partial charge in [0, 0.05) is 42.5 Å². The fourth-order valence-corrected chi connectivity index (χ4v) is 4.11. The van der Waals surface area contributed by atoms with Gasteiger partial charge >= 0.3 is 6.18 Å². The van der Waals surface area contributed by atoms with Gasteiger partial charge in [-0.2, -0.15) is 18.3 Å². The van der Waals surface area contributed by atoms with Crippen LogP contribution in [0.25, 0.3) is 10.9 Å². The molecule has 1 aliphatic heterocycles. The third-order valence-corrected chi connectivity index (χ3v) is 5.29. The van der Waals surface area contributed by atoms with Crippen molar-refractivity contribution in [3.63, 3.8) is 0 Å². The van der Waals surface area contributed by atoms with Gasteiger partial charge in [0.2, 0.25) is 5.91 Å². The Morgan fingerprint density at radius 2 is 2.07 bits per heavy atom. The van der Waals surface area contributed by atoms with Crippen molar-refractivity contribution >= 4 is 16.8 Å². The van der Waals surface area contributed by atoms with E-state index in [0.717, 1.165) is 4.90 Å². The second-order valence-corrected chi connectivity index (χ2v) is 6.91. The van der Waals surface area contributed by atoms with Gasteiger partial charge in [-0.3, -0.25) is 9.48 Å². The molecular weight excluding hydrogens is 357 g/mol. The van der Waals surface area contributed by atoms with Crippen LogP contribution in [0.5, 0.6) is 0 Å². The van der Waals surface area contributed by atoms with Crippen LogP contribution in [0.1, 0.15) is 24.1 Å². The average molecular weight is 376 g/mol. The van der Waals surface area contributed by atoms with Gasteiger partial charge in [-0.05, 0) is 25.0 Å². The molecule has 1 amide bonds. The largest absolute Gasteiger partial charge is 0.416 e. The van der Waals surface area contributed by atoms with E-state index in [2.05, 4.69) is 10.1 Å². The number of benzene rings is 1. The van der Waals surface area contributed by atoms with Crippen molar-refractivity contribution < 1.29 is 18.0 Å². The standard InChI is InChI=1S/C19H19F3N4O/c1-25-10-7-13(24-25)11-17(27)26-9-4-8-18(26,19(20,21)22)15-12-23-16-6-3-2-5-14(15)16/h2-3,5-7,10,12,23H,4,8-9,11H2,1H3. The summed E-state index contributed by atoms with van der Waals surface area (Å²) >= 11 is 0. The predicted molar refractivity (Wildman–Crippen MR) is 93.9 cm³/mol. The van der Waals surface area contributed by atoms with E-state index in [1.807, 2.05) is 0 Å². The zero-order valence-corrected chi connectivity index (χ0v) is 14.8. The number of amides is 1. The van der Waals surface area contributed by atoms with E-state index in [-0.39, 0.29) is 24.9 Å². The first-order valence-corrected chi connectivity index (χ1v) is 8.75. The highest BCUT2D eigenvalue weighted by molar-refractivity contribution is 5.86. The number of rotatable bonds is 3. The summed E-state index contributed by atoms with van der Waals surface area (Å²) in [5, 5.41) is 4.62. The van der Waals surface area contributed by atoms with Gasteiger partial charge in [-0.25, -0.2) is 0 Å². The van der Waals surface area contributed by atoms with Crippen LogP contribution in [0.2, 0.25) is 0 Å². The molecule has 2 aromatic heterocycles. The van der Waals surface area contributed by atoms with E-state index in [9.17, 15) is 18.0 Å². The molecule has 3 heterocycles. The highest BCUT2D eigenvalue weighted by Crippen LogP contribution is 2.52. The molecule has 0 saturated carbocycles. The second kappa shape index (κ2) is 6.14. The van der Waals surface area contributed by atoms with Crippen molar-refractivity contribution in [2.45, 2.75) is 31.0 Å². The molecule has 0 radical (unpaired) electrons. The van der Waals surface area contributed by atoms with E-state index >= 15 is 0 Å². The third-order valence-electron chi connectivity index (χ3n) is 5.29. The van der Waals surface area contributed by atoms with Crippen LogP contribution in [0.3, 0.4) is 0 Å². The highest BCUT2D eigenvalue weighted by Gasteiger charge is 2.63. The molecule has 1 N–H and O–H groups in total. The fraction of sp³-hybridized carbons (Fsp3) is 0.368. The summed E-state index contributed by atoms with van der Waals surface area (Å²) in [6, 6.07) is 8.52. The molecule has 3 aromatic rings. The summed E-state index contributed by atoms with van der Waals surface area (Å²) in [6.45, 7) is 0.0741. The normalized spacial score (nSPS) is 20.5. The topological polar surface area (TPSA) is 53.9 Å². The molecule has 1 saturated heterocycles. The number of aromatic nitrogens is 3.